The van der Waals surface area contributed by atoms with Crippen LogP contribution in [-0.4, -0.2) is 35.1 Å². The second-order valence-electron chi connectivity index (χ2n) is 4.83. The smallest absolute Gasteiger partial charge is 0.338 e. The van der Waals surface area contributed by atoms with Gasteiger partial charge in [0.25, 0.3) is 0 Å². The number of carbonyl (C=O) groups excluding carboxylic acids is 2. The fourth-order valence-electron chi connectivity index (χ4n) is 1.96. The monoisotopic (exact) mass is 302 g/mol. The Morgan fingerprint density at radius 3 is 2.64 bits per heavy atom. The first-order chi connectivity index (χ1) is 10.7. The lowest BCUT2D eigenvalue weighted by atomic mass is 10.1. The van der Waals surface area contributed by atoms with E-state index in [1.165, 1.54) is 13.3 Å². The molecule has 0 aliphatic heterocycles. The third-order valence-electron chi connectivity index (χ3n) is 3.07. The predicted octanol–water partition coefficient (Wildman–Crippen LogP) is 2.52. The van der Waals surface area contributed by atoms with Gasteiger partial charge >= 0.3 is 11.9 Å². The van der Waals surface area contributed by atoms with E-state index in [1.807, 2.05) is 0 Å². The molecule has 0 unspecified atom stereocenters. The molecule has 0 amide bonds. The number of carbonyl (C=O) groups is 2. The van der Waals surface area contributed by atoms with E-state index in [4.69, 9.17) is 9.47 Å². The minimum absolute atomic E-state index is 0.272. The van der Waals surface area contributed by atoms with Crippen LogP contribution in [0.15, 0.2) is 30.7 Å². The summed E-state index contributed by atoms with van der Waals surface area (Å²) in [6, 6.07) is 5.18. The highest BCUT2D eigenvalue weighted by atomic mass is 16.5. The Hall–Kier alpha value is -2.50. The van der Waals surface area contributed by atoms with Crippen molar-refractivity contribution in [3.63, 3.8) is 0 Å². The van der Waals surface area contributed by atoms with E-state index in [1.54, 1.807) is 24.4 Å². The van der Waals surface area contributed by atoms with Crippen molar-refractivity contribution in [1.82, 2.24) is 9.97 Å². The summed E-state index contributed by atoms with van der Waals surface area (Å²) in [7, 11) is 0. The third-order valence-corrected chi connectivity index (χ3v) is 3.07. The van der Waals surface area contributed by atoms with Gasteiger partial charge in [-0.3, -0.25) is 4.79 Å². The van der Waals surface area contributed by atoms with Crippen LogP contribution in [0.4, 0.5) is 0 Å². The predicted molar refractivity (Wildman–Crippen MR) is 80.3 cm³/mol. The van der Waals surface area contributed by atoms with Crippen LogP contribution in [0, 0.1) is 0 Å². The second kappa shape index (κ2) is 8.07. The van der Waals surface area contributed by atoms with Crippen molar-refractivity contribution in [2.75, 3.05) is 13.2 Å². The summed E-state index contributed by atoms with van der Waals surface area (Å²) in [5.74, 6) is -0.627. The van der Waals surface area contributed by atoms with Crippen molar-refractivity contribution in [2.45, 2.75) is 26.2 Å². The molecule has 116 valence electrons. The van der Waals surface area contributed by atoms with Crippen LogP contribution in [-0.2, 0) is 14.3 Å². The average molecular weight is 302 g/mol. The largest absolute Gasteiger partial charge is 0.466 e. The summed E-state index contributed by atoms with van der Waals surface area (Å²) in [4.78, 5) is 30.5. The van der Waals surface area contributed by atoms with Crippen molar-refractivity contribution in [3.05, 3.63) is 36.3 Å². The molecule has 2 rings (SSSR count). The molecule has 0 aliphatic rings. The van der Waals surface area contributed by atoms with Gasteiger partial charge in [-0.15, -0.1) is 0 Å². The van der Waals surface area contributed by atoms with Gasteiger partial charge in [0.15, 0.2) is 0 Å². The Kier molecular flexibility index (Phi) is 5.82. The maximum Gasteiger partial charge on any atom is 0.338 e. The zero-order valence-corrected chi connectivity index (χ0v) is 12.4. The highest BCUT2D eigenvalue weighted by Crippen LogP contribution is 2.13. The molecule has 0 saturated carbocycles. The zero-order valence-electron chi connectivity index (χ0n) is 12.4. The molecule has 1 heterocycles. The minimum Gasteiger partial charge on any atom is -0.466 e. The molecule has 0 fully saturated rings. The number of esters is 2. The van der Waals surface area contributed by atoms with Crippen molar-refractivity contribution in [1.29, 1.82) is 0 Å². The van der Waals surface area contributed by atoms with Crippen LogP contribution in [0.2, 0.25) is 0 Å². The van der Waals surface area contributed by atoms with Gasteiger partial charge in [-0.2, -0.15) is 0 Å². The third kappa shape index (κ3) is 4.80. The fraction of sp³-hybridized carbons (Fsp3) is 0.375. The number of unbranched alkanes of at least 4 members (excludes halogenated alkanes) is 2. The summed E-state index contributed by atoms with van der Waals surface area (Å²) in [5, 5.41) is 0.804. The van der Waals surface area contributed by atoms with Gasteiger partial charge in [0.2, 0.25) is 0 Å². The second-order valence-corrected chi connectivity index (χ2v) is 4.83. The number of nitrogens with zero attached hydrogens (tertiary/aromatic N) is 2. The van der Waals surface area contributed by atoms with E-state index in [9.17, 15) is 9.59 Å². The average Bonchev–Trinajstić information content (AvgIpc) is 2.53. The number of aromatic nitrogens is 2. The van der Waals surface area contributed by atoms with Crippen molar-refractivity contribution in [3.8, 4) is 0 Å². The van der Waals surface area contributed by atoms with Crippen molar-refractivity contribution >= 4 is 22.8 Å². The Morgan fingerprint density at radius 2 is 1.86 bits per heavy atom. The fourth-order valence-corrected chi connectivity index (χ4v) is 1.96. The molecule has 1 aromatic heterocycles. The Balaban J connectivity index is 1.73. The molecule has 6 heteroatoms. The topological polar surface area (TPSA) is 78.4 Å². The lowest BCUT2D eigenvalue weighted by Crippen LogP contribution is -2.07. The molecule has 0 radical (unpaired) electrons. The standard InChI is InChI=1S/C16H18N2O4/c1-12(19)21-7-3-2-4-8-22-16(20)13-5-6-15-14(9-13)10-17-11-18-15/h5-6,9-11H,2-4,7-8H2,1H3. The number of hydrogen-bond donors (Lipinski definition) is 0. The molecule has 0 N–H and O–H groups in total. The van der Waals surface area contributed by atoms with Crippen molar-refractivity contribution in [2.24, 2.45) is 0 Å². The molecule has 0 saturated heterocycles. The zero-order chi connectivity index (χ0) is 15.8. The quantitative estimate of drug-likeness (QED) is 0.577. The lowest BCUT2D eigenvalue weighted by Gasteiger charge is -2.06. The summed E-state index contributed by atoms with van der Waals surface area (Å²) in [6.07, 6.45) is 5.48. The molecular formula is C16H18N2O4. The van der Waals surface area contributed by atoms with Gasteiger partial charge in [0.1, 0.15) is 6.33 Å². The van der Waals surface area contributed by atoms with E-state index in [-0.39, 0.29) is 11.9 Å². The highest BCUT2D eigenvalue weighted by molar-refractivity contribution is 5.94. The maximum atomic E-state index is 11.9. The number of hydrogen-bond acceptors (Lipinski definition) is 6. The van der Waals surface area contributed by atoms with E-state index in [0.29, 0.717) is 18.8 Å². The van der Waals surface area contributed by atoms with Crippen LogP contribution < -0.4 is 0 Å². The first-order valence-corrected chi connectivity index (χ1v) is 7.17. The molecule has 2 aromatic rings. The molecule has 0 atom stereocenters. The first-order valence-electron chi connectivity index (χ1n) is 7.17. The number of rotatable bonds is 7. The molecule has 0 spiro atoms. The van der Waals surface area contributed by atoms with Gasteiger partial charge in [0, 0.05) is 18.5 Å². The first kappa shape index (κ1) is 15.9. The lowest BCUT2D eigenvalue weighted by molar-refractivity contribution is -0.141. The van der Waals surface area contributed by atoms with Gasteiger partial charge in [-0.05, 0) is 37.5 Å². The molecule has 22 heavy (non-hydrogen) atoms. The van der Waals surface area contributed by atoms with Gasteiger partial charge in [0.05, 0.1) is 24.3 Å². The van der Waals surface area contributed by atoms with Crippen LogP contribution >= 0.6 is 0 Å². The van der Waals surface area contributed by atoms with Crippen LogP contribution in [0.1, 0.15) is 36.5 Å². The number of fused-ring (bicyclic) bond motifs is 1. The highest BCUT2D eigenvalue weighted by Gasteiger charge is 2.08. The van der Waals surface area contributed by atoms with Crippen LogP contribution in [0.5, 0.6) is 0 Å². The Bertz CT molecular complexity index is 657. The van der Waals surface area contributed by atoms with E-state index >= 15 is 0 Å². The minimum atomic E-state index is -0.356. The molecule has 6 nitrogen and oxygen atoms in total. The molecular weight excluding hydrogens is 284 g/mol. The normalized spacial score (nSPS) is 10.4. The van der Waals surface area contributed by atoms with Crippen LogP contribution in [0.25, 0.3) is 10.9 Å². The summed E-state index contributed by atoms with van der Waals surface area (Å²) in [5.41, 5.74) is 1.28. The Morgan fingerprint density at radius 1 is 1.09 bits per heavy atom. The molecule has 0 bridgehead atoms. The molecule has 0 aliphatic carbocycles. The van der Waals surface area contributed by atoms with Gasteiger partial charge < -0.3 is 9.47 Å². The van der Waals surface area contributed by atoms with Gasteiger partial charge in [-0.1, -0.05) is 0 Å². The van der Waals surface area contributed by atoms with E-state index in [0.717, 1.165) is 30.2 Å². The van der Waals surface area contributed by atoms with Crippen molar-refractivity contribution < 1.29 is 19.1 Å². The molecule has 1 aromatic carbocycles. The SMILES string of the molecule is CC(=O)OCCCCCOC(=O)c1ccc2ncncc2c1. The number of ether oxygens (including phenoxy) is 2. The number of benzene rings is 1. The summed E-state index contributed by atoms with van der Waals surface area (Å²) >= 11 is 0. The maximum absolute atomic E-state index is 11.9. The van der Waals surface area contributed by atoms with Gasteiger partial charge in [-0.25, -0.2) is 14.8 Å². The van der Waals surface area contributed by atoms with Crippen LogP contribution in [0.3, 0.4) is 0 Å². The van der Waals surface area contributed by atoms with E-state index in [2.05, 4.69) is 9.97 Å². The summed E-state index contributed by atoms with van der Waals surface area (Å²) < 4.78 is 10.0. The summed E-state index contributed by atoms with van der Waals surface area (Å²) in [6.45, 7) is 2.15. The Labute approximate surface area is 128 Å². The van der Waals surface area contributed by atoms with E-state index < -0.39 is 0 Å².